The summed E-state index contributed by atoms with van der Waals surface area (Å²) in [6.45, 7) is 0. The van der Waals surface area contributed by atoms with E-state index in [2.05, 4.69) is 6.08 Å². The first kappa shape index (κ1) is 6.99. The first-order valence-electron chi connectivity index (χ1n) is 3.75. The highest BCUT2D eigenvalue weighted by molar-refractivity contribution is 6.22. The number of hydrogen-bond donors (Lipinski definition) is 0. The second kappa shape index (κ2) is 2.74. The Hall–Kier alpha value is -0.690. The Bertz CT molecular complexity index is 261. The molecule has 1 atom stereocenters. The minimum atomic E-state index is 0.204. The molecule has 0 bridgehead atoms. The van der Waals surface area contributed by atoms with Crippen LogP contribution in [-0.4, -0.2) is 5.38 Å². The first-order chi connectivity index (χ1) is 5.36. The zero-order valence-electron chi connectivity index (χ0n) is 6.09. The minimum absolute atomic E-state index is 0.204. The number of furan rings is 1. The van der Waals surface area contributed by atoms with E-state index >= 15 is 0 Å². The molecule has 0 spiro atoms. The van der Waals surface area contributed by atoms with Gasteiger partial charge in [-0.05, 0) is 30.5 Å². The van der Waals surface area contributed by atoms with Crippen molar-refractivity contribution in [2.45, 2.75) is 18.2 Å². The largest absolute Gasteiger partial charge is 0.465 e. The average Bonchev–Trinajstić information content (AvgIpc) is 2.55. The van der Waals surface area contributed by atoms with Crippen LogP contribution in [0.2, 0.25) is 0 Å². The Morgan fingerprint density at radius 1 is 1.55 bits per heavy atom. The van der Waals surface area contributed by atoms with Gasteiger partial charge in [-0.25, -0.2) is 0 Å². The molecule has 2 rings (SSSR count). The molecule has 1 aromatic heterocycles. The summed E-state index contributed by atoms with van der Waals surface area (Å²) in [6, 6.07) is 3.87. The monoisotopic (exact) mass is 168 g/mol. The highest BCUT2D eigenvalue weighted by Crippen LogP contribution is 2.30. The summed E-state index contributed by atoms with van der Waals surface area (Å²) in [5, 5.41) is 0.204. The summed E-state index contributed by atoms with van der Waals surface area (Å²) in [5.41, 5.74) is 1.25. The molecule has 1 aliphatic carbocycles. The van der Waals surface area contributed by atoms with E-state index in [1.165, 1.54) is 5.57 Å². The van der Waals surface area contributed by atoms with Crippen molar-refractivity contribution < 1.29 is 4.42 Å². The van der Waals surface area contributed by atoms with Gasteiger partial charge in [0, 0.05) is 0 Å². The molecular formula is C9H9ClO. The molecule has 0 radical (unpaired) electrons. The number of rotatable bonds is 1. The zero-order valence-corrected chi connectivity index (χ0v) is 6.84. The molecule has 1 nitrogen and oxygen atoms in total. The molecule has 0 amide bonds. The molecule has 1 heterocycles. The predicted molar refractivity (Wildman–Crippen MR) is 45.6 cm³/mol. The molecule has 1 aliphatic rings. The lowest BCUT2D eigenvalue weighted by atomic mass is 10.2. The van der Waals surface area contributed by atoms with Crippen molar-refractivity contribution in [3.8, 4) is 0 Å². The van der Waals surface area contributed by atoms with E-state index < -0.39 is 0 Å². The Labute approximate surface area is 70.7 Å². The lowest BCUT2D eigenvalue weighted by molar-refractivity contribution is 0.551. The van der Waals surface area contributed by atoms with Crippen LogP contribution in [0, 0.1) is 0 Å². The van der Waals surface area contributed by atoms with Crippen LogP contribution in [0.1, 0.15) is 18.6 Å². The minimum Gasteiger partial charge on any atom is -0.465 e. The van der Waals surface area contributed by atoms with Crippen molar-refractivity contribution in [1.29, 1.82) is 0 Å². The van der Waals surface area contributed by atoms with Crippen molar-refractivity contribution in [2.24, 2.45) is 0 Å². The van der Waals surface area contributed by atoms with Gasteiger partial charge in [0.2, 0.25) is 0 Å². The summed E-state index contributed by atoms with van der Waals surface area (Å²) in [5.74, 6) is 0.966. The van der Waals surface area contributed by atoms with Gasteiger partial charge < -0.3 is 4.42 Å². The predicted octanol–water partition coefficient (Wildman–Crippen LogP) is 3.06. The van der Waals surface area contributed by atoms with Gasteiger partial charge in [0.05, 0.1) is 11.6 Å². The van der Waals surface area contributed by atoms with Gasteiger partial charge in [-0.1, -0.05) is 6.08 Å². The van der Waals surface area contributed by atoms with E-state index in [-0.39, 0.29) is 5.38 Å². The molecule has 0 aliphatic heterocycles. The van der Waals surface area contributed by atoms with Gasteiger partial charge in [-0.15, -0.1) is 11.6 Å². The van der Waals surface area contributed by atoms with Crippen LogP contribution < -0.4 is 0 Å². The maximum Gasteiger partial charge on any atom is 0.129 e. The van der Waals surface area contributed by atoms with Crippen LogP contribution in [0.25, 0.3) is 5.57 Å². The van der Waals surface area contributed by atoms with Crippen molar-refractivity contribution in [3.63, 3.8) is 0 Å². The normalized spacial score (nSPS) is 23.7. The maximum atomic E-state index is 5.91. The fraction of sp³-hybridized carbons (Fsp3) is 0.333. The summed E-state index contributed by atoms with van der Waals surface area (Å²) in [6.07, 6.45) is 5.84. The van der Waals surface area contributed by atoms with Gasteiger partial charge >= 0.3 is 0 Å². The third kappa shape index (κ3) is 1.33. The lowest BCUT2D eigenvalue weighted by Gasteiger charge is -1.92. The standard InChI is InChI=1S/C9H9ClO/c10-8-4-3-7(6-8)9-2-1-5-11-9/h1-2,5-6,8H,3-4H2. The molecule has 0 aromatic carbocycles. The maximum absolute atomic E-state index is 5.91. The summed E-state index contributed by atoms with van der Waals surface area (Å²) < 4.78 is 5.24. The Morgan fingerprint density at radius 3 is 3.00 bits per heavy atom. The van der Waals surface area contributed by atoms with E-state index in [9.17, 15) is 0 Å². The number of alkyl halides is 1. The van der Waals surface area contributed by atoms with Gasteiger partial charge in [-0.3, -0.25) is 0 Å². The van der Waals surface area contributed by atoms with Gasteiger partial charge in [0.15, 0.2) is 0 Å². The molecule has 1 unspecified atom stereocenters. The summed E-state index contributed by atoms with van der Waals surface area (Å²) in [7, 11) is 0. The second-order valence-electron chi connectivity index (χ2n) is 2.72. The second-order valence-corrected chi connectivity index (χ2v) is 3.28. The van der Waals surface area contributed by atoms with Gasteiger partial charge in [-0.2, -0.15) is 0 Å². The molecule has 11 heavy (non-hydrogen) atoms. The summed E-state index contributed by atoms with van der Waals surface area (Å²) >= 11 is 5.91. The van der Waals surface area contributed by atoms with Crippen molar-refractivity contribution in [2.75, 3.05) is 0 Å². The third-order valence-corrected chi connectivity index (χ3v) is 2.25. The SMILES string of the molecule is ClC1C=C(c2ccco2)CC1. The first-order valence-corrected chi connectivity index (χ1v) is 4.18. The molecule has 0 fully saturated rings. The van der Waals surface area contributed by atoms with Crippen LogP contribution in [0.5, 0.6) is 0 Å². The highest BCUT2D eigenvalue weighted by Gasteiger charge is 2.15. The van der Waals surface area contributed by atoms with Crippen molar-refractivity contribution in [1.82, 2.24) is 0 Å². The highest BCUT2D eigenvalue weighted by atomic mass is 35.5. The van der Waals surface area contributed by atoms with Gasteiger partial charge in [0.1, 0.15) is 5.76 Å². The van der Waals surface area contributed by atoms with Crippen molar-refractivity contribution in [3.05, 3.63) is 30.2 Å². The summed E-state index contributed by atoms with van der Waals surface area (Å²) in [4.78, 5) is 0. The number of halogens is 1. The van der Waals surface area contributed by atoms with E-state index in [0.717, 1.165) is 18.6 Å². The molecule has 0 N–H and O–H groups in total. The Kier molecular flexibility index (Phi) is 1.74. The number of allylic oxidation sites excluding steroid dienone is 2. The van der Waals surface area contributed by atoms with E-state index in [0.29, 0.717) is 0 Å². The zero-order chi connectivity index (χ0) is 7.68. The molecule has 58 valence electrons. The third-order valence-electron chi connectivity index (χ3n) is 1.91. The molecule has 0 saturated heterocycles. The van der Waals surface area contributed by atoms with Crippen LogP contribution in [0.15, 0.2) is 28.9 Å². The smallest absolute Gasteiger partial charge is 0.129 e. The quantitative estimate of drug-likeness (QED) is 0.588. The fourth-order valence-electron chi connectivity index (χ4n) is 1.34. The van der Waals surface area contributed by atoms with Crippen LogP contribution in [0.4, 0.5) is 0 Å². The van der Waals surface area contributed by atoms with E-state index in [4.69, 9.17) is 16.0 Å². The molecule has 1 aromatic rings. The fourth-order valence-corrected chi connectivity index (χ4v) is 1.61. The molecule has 0 saturated carbocycles. The lowest BCUT2D eigenvalue weighted by Crippen LogP contribution is -1.81. The average molecular weight is 169 g/mol. The van der Waals surface area contributed by atoms with Gasteiger partial charge in [0.25, 0.3) is 0 Å². The van der Waals surface area contributed by atoms with E-state index in [1.807, 2.05) is 12.1 Å². The topological polar surface area (TPSA) is 13.1 Å². The van der Waals surface area contributed by atoms with Crippen molar-refractivity contribution >= 4 is 17.2 Å². The molecule has 2 heteroatoms. The number of hydrogen-bond acceptors (Lipinski definition) is 1. The van der Waals surface area contributed by atoms with E-state index in [1.54, 1.807) is 6.26 Å². The Morgan fingerprint density at radius 2 is 2.45 bits per heavy atom. The Balaban J connectivity index is 2.25. The van der Waals surface area contributed by atoms with Crippen LogP contribution in [0.3, 0.4) is 0 Å². The molecular weight excluding hydrogens is 160 g/mol. The van der Waals surface area contributed by atoms with Crippen LogP contribution >= 0.6 is 11.6 Å². The van der Waals surface area contributed by atoms with Crippen LogP contribution in [-0.2, 0) is 0 Å².